The number of carbonyl (C=O) groups is 2. The minimum atomic E-state index is -3.69. The van der Waals surface area contributed by atoms with Gasteiger partial charge >= 0.3 is 0 Å². The third kappa shape index (κ3) is 4.15. The highest BCUT2D eigenvalue weighted by Crippen LogP contribution is 2.11. The van der Waals surface area contributed by atoms with Gasteiger partial charge in [-0.3, -0.25) is 20.4 Å². The van der Waals surface area contributed by atoms with Crippen LogP contribution in [0, 0.1) is 5.82 Å². The number of sulfonamides is 1. The van der Waals surface area contributed by atoms with Gasteiger partial charge in [0.15, 0.2) is 0 Å². The Hall–Kier alpha value is -2.78. The van der Waals surface area contributed by atoms with Crippen molar-refractivity contribution in [2.75, 3.05) is 7.05 Å². The Morgan fingerprint density at radius 1 is 0.917 bits per heavy atom. The third-order valence-electron chi connectivity index (χ3n) is 3.07. The Bertz CT molecular complexity index is 867. The monoisotopic (exact) mass is 351 g/mol. The van der Waals surface area contributed by atoms with E-state index in [4.69, 9.17) is 0 Å². The van der Waals surface area contributed by atoms with Gasteiger partial charge in [0.1, 0.15) is 5.82 Å². The predicted octanol–water partition coefficient (Wildman–Crippen LogP) is 0.809. The van der Waals surface area contributed by atoms with Crippen molar-refractivity contribution in [3.05, 3.63) is 65.5 Å². The van der Waals surface area contributed by atoms with E-state index in [9.17, 15) is 22.4 Å². The SMILES string of the molecule is CNS(=O)(=O)c1cccc(C(=O)NNC(=O)c2ccc(F)cc2)c1. The van der Waals surface area contributed by atoms with Crippen LogP contribution in [0.1, 0.15) is 20.7 Å². The van der Waals surface area contributed by atoms with Gasteiger partial charge < -0.3 is 0 Å². The van der Waals surface area contributed by atoms with E-state index in [2.05, 4.69) is 15.6 Å². The van der Waals surface area contributed by atoms with Gasteiger partial charge in [-0.1, -0.05) is 6.07 Å². The highest BCUT2D eigenvalue weighted by atomic mass is 32.2. The fraction of sp³-hybridized carbons (Fsp3) is 0.0667. The van der Waals surface area contributed by atoms with Crippen LogP contribution < -0.4 is 15.6 Å². The van der Waals surface area contributed by atoms with Crippen LogP contribution in [0.4, 0.5) is 4.39 Å². The Labute approximate surface area is 137 Å². The van der Waals surface area contributed by atoms with Crippen LogP contribution in [0.15, 0.2) is 53.4 Å². The normalized spacial score (nSPS) is 10.9. The summed E-state index contributed by atoms with van der Waals surface area (Å²) in [6, 6.07) is 10.1. The lowest BCUT2D eigenvalue weighted by atomic mass is 10.2. The third-order valence-corrected chi connectivity index (χ3v) is 4.48. The number of benzene rings is 2. The first kappa shape index (κ1) is 17.6. The van der Waals surface area contributed by atoms with Gasteiger partial charge in [0.05, 0.1) is 4.90 Å². The molecule has 7 nitrogen and oxygen atoms in total. The molecule has 0 saturated heterocycles. The molecule has 0 aromatic heterocycles. The van der Waals surface area contributed by atoms with E-state index in [1.165, 1.54) is 43.4 Å². The molecule has 2 amide bonds. The lowest BCUT2D eigenvalue weighted by molar-refractivity contribution is 0.0846. The zero-order valence-electron chi connectivity index (χ0n) is 12.5. The lowest BCUT2D eigenvalue weighted by Crippen LogP contribution is -2.41. The van der Waals surface area contributed by atoms with Crippen LogP contribution in [-0.4, -0.2) is 27.3 Å². The quantitative estimate of drug-likeness (QED) is 0.709. The maximum Gasteiger partial charge on any atom is 0.269 e. The molecule has 0 aliphatic rings. The minimum absolute atomic E-state index is 0.0470. The molecule has 0 radical (unpaired) electrons. The summed E-state index contributed by atoms with van der Waals surface area (Å²) in [4.78, 5) is 23.7. The van der Waals surface area contributed by atoms with Crippen molar-refractivity contribution in [2.24, 2.45) is 0 Å². The summed E-state index contributed by atoms with van der Waals surface area (Å²) in [6.45, 7) is 0. The molecule has 0 atom stereocenters. The Balaban J connectivity index is 2.06. The van der Waals surface area contributed by atoms with Crippen molar-refractivity contribution in [1.29, 1.82) is 0 Å². The largest absolute Gasteiger partial charge is 0.269 e. The van der Waals surface area contributed by atoms with Gasteiger partial charge in [-0.05, 0) is 49.5 Å². The van der Waals surface area contributed by atoms with E-state index in [-0.39, 0.29) is 16.0 Å². The zero-order valence-corrected chi connectivity index (χ0v) is 13.4. The van der Waals surface area contributed by atoms with Crippen molar-refractivity contribution in [3.63, 3.8) is 0 Å². The molecule has 126 valence electrons. The number of hydrogen-bond acceptors (Lipinski definition) is 4. The molecule has 9 heteroatoms. The maximum atomic E-state index is 12.8. The highest BCUT2D eigenvalue weighted by Gasteiger charge is 2.15. The molecule has 2 aromatic carbocycles. The standard InChI is InChI=1S/C15H14FN3O4S/c1-17-24(22,23)13-4-2-3-11(9-13)15(21)19-18-14(20)10-5-7-12(16)8-6-10/h2-9,17H,1H3,(H,18,20)(H,19,21). The summed E-state index contributed by atoms with van der Waals surface area (Å²) in [7, 11) is -2.43. The van der Waals surface area contributed by atoms with E-state index < -0.39 is 27.7 Å². The van der Waals surface area contributed by atoms with E-state index in [1.54, 1.807) is 0 Å². The van der Waals surface area contributed by atoms with Crippen molar-refractivity contribution in [3.8, 4) is 0 Å². The number of nitrogens with one attached hydrogen (secondary N) is 3. The molecule has 0 aliphatic heterocycles. The Morgan fingerprint density at radius 3 is 2.08 bits per heavy atom. The Morgan fingerprint density at radius 2 is 1.50 bits per heavy atom. The first-order valence-electron chi connectivity index (χ1n) is 6.73. The number of hydrazine groups is 1. The molecule has 3 N–H and O–H groups in total. The molecule has 24 heavy (non-hydrogen) atoms. The van der Waals surface area contributed by atoms with Crippen LogP contribution in [-0.2, 0) is 10.0 Å². The molecule has 2 rings (SSSR count). The lowest BCUT2D eigenvalue weighted by Gasteiger charge is -2.09. The van der Waals surface area contributed by atoms with E-state index in [0.29, 0.717) is 0 Å². The average Bonchev–Trinajstić information content (AvgIpc) is 2.60. The van der Waals surface area contributed by atoms with Crippen LogP contribution in [0.3, 0.4) is 0 Å². The van der Waals surface area contributed by atoms with Crippen LogP contribution >= 0.6 is 0 Å². The molecular weight excluding hydrogens is 337 g/mol. The molecule has 0 bridgehead atoms. The number of amides is 2. The molecule has 0 unspecified atom stereocenters. The highest BCUT2D eigenvalue weighted by molar-refractivity contribution is 7.89. The second kappa shape index (κ2) is 7.20. The second-order valence-electron chi connectivity index (χ2n) is 4.65. The molecule has 2 aromatic rings. The molecule has 0 spiro atoms. The molecule has 0 fully saturated rings. The number of carbonyl (C=O) groups excluding carboxylic acids is 2. The zero-order chi connectivity index (χ0) is 17.7. The fourth-order valence-corrected chi connectivity index (χ4v) is 2.56. The van der Waals surface area contributed by atoms with Gasteiger partial charge in [-0.2, -0.15) is 0 Å². The van der Waals surface area contributed by atoms with Crippen molar-refractivity contribution in [1.82, 2.24) is 15.6 Å². The number of hydrogen-bond donors (Lipinski definition) is 3. The van der Waals surface area contributed by atoms with Gasteiger partial charge in [0.25, 0.3) is 11.8 Å². The second-order valence-corrected chi connectivity index (χ2v) is 6.54. The number of halogens is 1. The first-order chi connectivity index (χ1) is 11.3. The molecule has 0 heterocycles. The molecule has 0 saturated carbocycles. The topological polar surface area (TPSA) is 104 Å². The van der Waals surface area contributed by atoms with Gasteiger partial charge in [-0.15, -0.1) is 0 Å². The van der Waals surface area contributed by atoms with Gasteiger partial charge in [-0.25, -0.2) is 17.5 Å². The fourth-order valence-electron chi connectivity index (χ4n) is 1.78. The smallest absolute Gasteiger partial charge is 0.267 e. The minimum Gasteiger partial charge on any atom is -0.267 e. The van der Waals surface area contributed by atoms with Crippen LogP contribution in [0.25, 0.3) is 0 Å². The van der Waals surface area contributed by atoms with Crippen LogP contribution in [0.2, 0.25) is 0 Å². The summed E-state index contributed by atoms with van der Waals surface area (Å²) < 4.78 is 38.4. The summed E-state index contributed by atoms with van der Waals surface area (Å²) in [5.74, 6) is -1.82. The summed E-state index contributed by atoms with van der Waals surface area (Å²) in [5.41, 5.74) is 4.53. The molecular formula is C15H14FN3O4S. The van der Waals surface area contributed by atoms with Crippen molar-refractivity contribution in [2.45, 2.75) is 4.90 Å². The number of rotatable bonds is 4. The first-order valence-corrected chi connectivity index (χ1v) is 8.21. The van der Waals surface area contributed by atoms with Crippen molar-refractivity contribution < 1.29 is 22.4 Å². The maximum absolute atomic E-state index is 12.8. The van der Waals surface area contributed by atoms with E-state index in [1.807, 2.05) is 0 Å². The summed E-state index contributed by atoms with van der Waals surface area (Å²) in [6.07, 6.45) is 0. The van der Waals surface area contributed by atoms with Gasteiger partial charge in [0, 0.05) is 11.1 Å². The van der Waals surface area contributed by atoms with Gasteiger partial charge in [0.2, 0.25) is 10.0 Å². The predicted molar refractivity (Wildman–Crippen MR) is 84.0 cm³/mol. The molecule has 0 aliphatic carbocycles. The summed E-state index contributed by atoms with van der Waals surface area (Å²) in [5, 5.41) is 0. The van der Waals surface area contributed by atoms with Crippen LogP contribution in [0.5, 0.6) is 0 Å². The van der Waals surface area contributed by atoms with Crippen molar-refractivity contribution >= 4 is 21.8 Å². The average molecular weight is 351 g/mol. The van der Waals surface area contributed by atoms with E-state index in [0.717, 1.165) is 12.1 Å². The van der Waals surface area contributed by atoms with E-state index >= 15 is 0 Å². The Kier molecular flexibility index (Phi) is 5.27. The summed E-state index contributed by atoms with van der Waals surface area (Å²) >= 11 is 0.